The molecule has 4 rings (SSSR count). The van der Waals surface area contributed by atoms with Gasteiger partial charge in [-0.2, -0.15) is 0 Å². The van der Waals surface area contributed by atoms with Gasteiger partial charge in [-0.05, 0) is 57.2 Å². The number of aromatic nitrogens is 2. The number of anilines is 1. The topological polar surface area (TPSA) is 105 Å². The van der Waals surface area contributed by atoms with Crippen LogP contribution in [0.3, 0.4) is 0 Å². The molecule has 0 spiro atoms. The monoisotopic (exact) mass is 423 g/mol. The molecule has 1 aliphatic heterocycles. The number of hydrogen-bond acceptors (Lipinski definition) is 5. The fraction of sp³-hybridized carbons (Fsp3) is 0.238. The Balaban J connectivity index is 1.45. The third-order valence-electron chi connectivity index (χ3n) is 4.98. The lowest BCUT2D eigenvalue weighted by atomic mass is 10.1. The van der Waals surface area contributed by atoms with Gasteiger partial charge in [0.05, 0.1) is 22.0 Å². The van der Waals surface area contributed by atoms with Gasteiger partial charge in [0.25, 0.3) is 11.8 Å². The second-order valence-corrected chi connectivity index (χ2v) is 8.36. The summed E-state index contributed by atoms with van der Waals surface area (Å²) in [6, 6.07) is 10.3. The van der Waals surface area contributed by atoms with E-state index in [2.05, 4.69) is 25.7 Å². The predicted octanol–water partition coefficient (Wildman–Crippen LogP) is 2.87. The molecule has 8 nitrogen and oxygen atoms in total. The van der Waals surface area contributed by atoms with E-state index in [0.717, 1.165) is 28.3 Å². The number of hydrazine groups is 1. The van der Waals surface area contributed by atoms with Gasteiger partial charge >= 0.3 is 0 Å². The van der Waals surface area contributed by atoms with Gasteiger partial charge in [0.15, 0.2) is 0 Å². The van der Waals surface area contributed by atoms with Crippen LogP contribution in [0.1, 0.15) is 40.4 Å². The molecular weight excluding hydrogens is 402 g/mol. The fourth-order valence-electron chi connectivity index (χ4n) is 3.40. The highest BCUT2D eigenvalue weighted by Gasteiger charge is 2.24. The molecule has 9 heteroatoms. The van der Waals surface area contributed by atoms with E-state index in [1.165, 1.54) is 11.8 Å². The number of hydrogen-bond donors (Lipinski definition) is 3. The summed E-state index contributed by atoms with van der Waals surface area (Å²) in [6.45, 7) is 6.58. The van der Waals surface area contributed by atoms with Crippen LogP contribution in [0.25, 0.3) is 11.0 Å². The summed E-state index contributed by atoms with van der Waals surface area (Å²) in [5.74, 6) is -0.138. The van der Waals surface area contributed by atoms with Crippen molar-refractivity contribution in [3.05, 3.63) is 53.3 Å². The first-order valence-corrected chi connectivity index (χ1v) is 10.4. The number of aryl methyl sites for hydroxylation is 2. The van der Waals surface area contributed by atoms with E-state index >= 15 is 0 Å². The molecule has 2 aromatic carbocycles. The number of thioether (sulfide) groups is 1. The molecule has 0 saturated carbocycles. The first kappa shape index (κ1) is 20.0. The molecule has 30 heavy (non-hydrogen) atoms. The maximum Gasteiger partial charge on any atom is 0.269 e. The molecule has 1 atom stereocenters. The lowest BCUT2D eigenvalue weighted by molar-refractivity contribution is -0.115. The van der Waals surface area contributed by atoms with Gasteiger partial charge in [0, 0.05) is 22.6 Å². The van der Waals surface area contributed by atoms with Crippen LogP contribution >= 0.6 is 11.8 Å². The van der Waals surface area contributed by atoms with Gasteiger partial charge in [0.1, 0.15) is 5.82 Å². The number of nitrogens with one attached hydrogen (secondary N) is 3. The van der Waals surface area contributed by atoms with Gasteiger partial charge in [-0.1, -0.05) is 0 Å². The van der Waals surface area contributed by atoms with Gasteiger partial charge in [-0.3, -0.25) is 25.2 Å². The number of imidazole rings is 1. The molecule has 0 saturated heterocycles. The van der Waals surface area contributed by atoms with E-state index in [0.29, 0.717) is 16.8 Å². The molecule has 2 heterocycles. The molecule has 1 aromatic heterocycles. The van der Waals surface area contributed by atoms with Crippen molar-refractivity contribution in [1.82, 2.24) is 20.4 Å². The van der Waals surface area contributed by atoms with Crippen molar-refractivity contribution < 1.29 is 14.4 Å². The smallest absolute Gasteiger partial charge is 0.269 e. The zero-order chi connectivity index (χ0) is 21.4. The molecule has 0 fully saturated rings. The minimum absolute atomic E-state index is 0.102. The standard InChI is InChI=1S/C21H21N5O3S/c1-4-26-12(3)22-15-9-13(5-7-17(15)26)20(28)24-25-21(29)14-6-8-18-16(10-14)23-19(27)11(2)30-18/h5-11H,4H2,1-3H3,(H,23,27)(H,24,28)(H,25,29)/t11-/m0/s1. The Morgan fingerprint density at radius 1 is 1.13 bits per heavy atom. The van der Waals surface area contributed by atoms with Crippen LogP contribution in [0, 0.1) is 6.92 Å². The van der Waals surface area contributed by atoms with E-state index in [9.17, 15) is 14.4 Å². The third-order valence-corrected chi connectivity index (χ3v) is 6.16. The first-order valence-electron chi connectivity index (χ1n) is 9.56. The second-order valence-electron chi connectivity index (χ2n) is 6.98. The zero-order valence-corrected chi connectivity index (χ0v) is 17.6. The summed E-state index contributed by atoms with van der Waals surface area (Å²) in [6.07, 6.45) is 0. The van der Waals surface area contributed by atoms with Crippen molar-refractivity contribution in [2.45, 2.75) is 37.5 Å². The summed E-state index contributed by atoms with van der Waals surface area (Å²) in [5, 5.41) is 2.61. The average Bonchev–Trinajstić information content (AvgIpc) is 3.06. The Kier molecular flexibility index (Phi) is 5.21. The maximum absolute atomic E-state index is 12.5. The average molecular weight is 423 g/mol. The van der Waals surface area contributed by atoms with Crippen LogP contribution in [0.2, 0.25) is 0 Å². The number of carbonyl (C=O) groups excluding carboxylic acids is 3. The van der Waals surface area contributed by atoms with Crippen molar-refractivity contribution in [2.24, 2.45) is 0 Å². The summed E-state index contributed by atoms with van der Waals surface area (Å²) in [7, 11) is 0. The molecule has 0 bridgehead atoms. The lowest BCUT2D eigenvalue weighted by Gasteiger charge is -2.21. The highest BCUT2D eigenvalue weighted by molar-refractivity contribution is 8.00. The fourth-order valence-corrected chi connectivity index (χ4v) is 4.33. The van der Waals surface area contributed by atoms with E-state index in [1.54, 1.807) is 30.3 Å². The minimum Gasteiger partial charge on any atom is -0.329 e. The Labute approximate surface area is 177 Å². The Morgan fingerprint density at radius 3 is 2.50 bits per heavy atom. The van der Waals surface area contributed by atoms with Gasteiger partial charge in [-0.15, -0.1) is 11.8 Å². The molecule has 1 aliphatic rings. The SMILES string of the molecule is CCn1c(C)nc2cc(C(=O)NNC(=O)c3ccc4c(c3)NC(=O)[C@H](C)S4)ccc21. The highest BCUT2D eigenvalue weighted by atomic mass is 32.2. The lowest BCUT2D eigenvalue weighted by Crippen LogP contribution is -2.41. The normalized spacial score (nSPS) is 15.4. The van der Waals surface area contributed by atoms with Gasteiger partial charge < -0.3 is 9.88 Å². The molecule has 0 unspecified atom stereocenters. The van der Waals surface area contributed by atoms with Crippen LogP contribution < -0.4 is 16.2 Å². The van der Waals surface area contributed by atoms with Crippen LogP contribution in [0.4, 0.5) is 5.69 Å². The summed E-state index contributed by atoms with van der Waals surface area (Å²) >= 11 is 1.44. The first-order chi connectivity index (χ1) is 14.4. The van der Waals surface area contributed by atoms with Gasteiger partial charge in [0.2, 0.25) is 5.91 Å². The summed E-state index contributed by atoms with van der Waals surface area (Å²) in [5.41, 5.74) is 7.85. The van der Waals surface area contributed by atoms with E-state index < -0.39 is 11.8 Å². The van der Waals surface area contributed by atoms with Crippen molar-refractivity contribution >= 4 is 46.2 Å². The van der Waals surface area contributed by atoms with Crippen molar-refractivity contribution in [2.75, 3.05) is 5.32 Å². The molecular formula is C21H21N5O3S. The van der Waals surface area contributed by atoms with Crippen LogP contribution in [-0.2, 0) is 11.3 Å². The number of carbonyl (C=O) groups is 3. The Hall–Kier alpha value is -3.33. The Bertz CT molecular complexity index is 1190. The van der Waals surface area contributed by atoms with Crippen LogP contribution in [-0.4, -0.2) is 32.5 Å². The molecule has 0 radical (unpaired) electrons. The minimum atomic E-state index is -0.476. The number of rotatable bonds is 3. The number of fused-ring (bicyclic) bond motifs is 2. The van der Waals surface area contributed by atoms with Gasteiger partial charge in [-0.25, -0.2) is 4.98 Å². The molecule has 0 aliphatic carbocycles. The maximum atomic E-state index is 12.5. The quantitative estimate of drug-likeness (QED) is 0.562. The highest BCUT2D eigenvalue weighted by Crippen LogP contribution is 2.35. The largest absolute Gasteiger partial charge is 0.329 e. The Morgan fingerprint density at radius 2 is 1.80 bits per heavy atom. The van der Waals surface area contributed by atoms with Crippen molar-refractivity contribution in [3.8, 4) is 0 Å². The molecule has 3 amide bonds. The molecule has 3 aromatic rings. The number of benzene rings is 2. The number of nitrogens with zero attached hydrogens (tertiary/aromatic N) is 2. The van der Waals surface area contributed by atoms with E-state index in [-0.39, 0.29) is 11.2 Å². The zero-order valence-electron chi connectivity index (χ0n) is 16.8. The van der Waals surface area contributed by atoms with E-state index in [1.807, 2.05) is 26.8 Å². The molecule has 3 N–H and O–H groups in total. The van der Waals surface area contributed by atoms with Crippen molar-refractivity contribution in [3.63, 3.8) is 0 Å². The summed E-state index contributed by atoms with van der Waals surface area (Å²) in [4.78, 5) is 42.2. The predicted molar refractivity (Wildman–Crippen MR) is 115 cm³/mol. The van der Waals surface area contributed by atoms with E-state index in [4.69, 9.17) is 0 Å². The van der Waals surface area contributed by atoms with Crippen LogP contribution in [0.15, 0.2) is 41.3 Å². The van der Waals surface area contributed by atoms with Crippen molar-refractivity contribution in [1.29, 1.82) is 0 Å². The third kappa shape index (κ3) is 3.63. The second kappa shape index (κ2) is 7.83. The number of amides is 3. The van der Waals surface area contributed by atoms with Crippen LogP contribution in [0.5, 0.6) is 0 Å². The molecule has 154 valence electrons. The summed E-state index contributed by atoms with van der Waals surface area (Å²) < 4.78 is 2.06.